The van der Waals surface area contributed by atoms with Crippen LogP contribution < -0.4 is 5.32 Å². The molecule has 1 aromatic carbocycles. The number of rotatable bonds is 2. The maximum Gasteiger partial charge on any atom is 0.410 e. The molecule has 1 N–H and O–H groups in total. The van der Waals surface area contributed by atoms with Crippen molar-refractivity contribution in [3.8, 4) is 0 Å². The van der Waals surface area contributed by atoms with Crippen molar-refractivity contribution in [2.45, 2.75) is 76.8 Å². The Morgan fingerprint density at radius 3 is 2.35 bits per heavy atom. The molecule has 0 bridgehead atoms. The minimum absolute atomic E-state index is 0.0160. The van der Waals surface area contributed by atoms with E-state index in [9.17, 15) is 18.0 Å². The average Bonchev–Trinajstić information content (AvgIpc) is 3.03. The molecule has 4 atom stereocenters. The van der Waals surface area contributed by atoms with Crippen molar-refractivity contribution in [3.63, 3.8) is 0 Å². The molecule has 4 rings (SSSR count). The van der Waals surface area contributed by atoms with E-state index in [0.717, 1.165) is 35.1 Å². The molecular formula is C22H26ClF3N4O. The molecule has 31 heavy (non-hydrogen) atoms. The van der Waals surface area contributed by atoms with Gasteiger partial charge in [0, 0.05) is 18.5 Å². The van der Waals surface area contributed by atoms with Gasteiger partial charge in [-0.2, -0.15) is 18.3 Å². The SMILES string of the molecule is Cc1ccc(C2CC(C(F)(F)F)n3nc(C(=O)N4C(C)CCCC4C)c(Cl)c3N2)cc1. The topological polar surface area (TPSA) is 50.2 Å². The fraction of sp³-hybridized carbons (Fsp3) is 0.545. The third-order valence-corrected chi connectivity index (χ3v) is 6.76. The Morgan fingerprint density at radius 1 is 1.16 bits per heavy atom. The van der Waals surface area contributed by atoms with E-state index < -0.39 is 24.2 Å². The van der Waals surface area contributed by atoms with E-state index in [4.69, 9.17) is 11.6 Å². The first kappa shape index (κ1) is 22.0. The zero-order chi connectivity index (χ0) is 22.5. The summed E-state index contributed by atoms with van der Waals surface area (Å²) in [6.07, 6.45) is -2.06. The van der Waals surface area contributed by atoms with Crippen LogP contribution in [0.2, 0.25) is 5.02 Å². The highest BCUT2D eigenvalue weighted by Crippen LogP contribution is 2.46. The van der Waals surface area contributed by atoms with E-state index in [1.165, 1.54) is 0 Å². The van der Waals surface area contributed by atoms with Crippen molar-refractivity contribution in [2.24, 2.45) is 0 Å². The largest absolute Gasteiger partial charge is 0.410 e. The number of benzene rings is 1. The van der Waals surface area contributed by atoms with Gasteiger partial charge < -0.3 is 10.2 Å². The quantitative estimate of drug-likeness (QED) is 0.613. The van der Waals surface area contributed by atoms with Crippen LogP contribution in [0.1, 0.15) is 73.2 Å². The summed E-state index contributed by atoms with van der Waals surface area (Å²) in [6.45, 7) is 5.81. The first-order chi connectivity index (χ1) is 14.6. The first-order valence-corrected chi connectivity index (χ1v) is 11.0. The Labute approximate surface area is 184 Å². The maximum absolute atomic E-state index is 14.0. The number of amides is 1. The molecule has 1 saturated heterocycles. The highest BCUT2D eigenvalue weighted by atomic mass is 35.5. The van der Waals surface area contributed by atoms with Crippen LogP contribution in [-0.4, -0.2) is 38.8 Å². The van der Waals surface area contributed by atoms with Gasteiger partial charge in [0.05, 0.1) is 6.04 Å². The van der Waals surface area contributed by atoms with E-state index in [0.29, 0.717) is 0 Å². The van der Waals surface area contributed by atoms with Crippen molar-refractivity contribution < 1.29 is 18.0 Å². The summed E-state index contributed by atoms with van der Waals surface area (Å²) in [6, 6.07) is 4.85. The molecule has 9 heteroatoms. The summed E-state index contributed by atoms with van der Waals surface area (Å²) in [5, 5.41) is 7.14. The van der Waals surface area contributed by atoms with Gasteiger partial charge >= 0.3 is 6.18 Å². The summed E-state index contributed by atoms with van der Waals surface area (Å²) < 4.78 is 42.7. The van der Waals surface area contributed by atoms with E-state index >= 15 is 0 Å². The second-order valence-corrected chi connectivity index (χ2v) is 9.08. The predicted molar refractivity (Wildman–Crippen MR) is 113 cm³/mol. The third kappa shape index (κ3) is 4.02. The fourth-order valence-corrected chi connectivity index (χ4v) is 4.95. The number of nitrogens with zero attached hydrogens (tertiary/aromatic N) is 3. The standard InChI is InChI=1S/C22H26ClF3N4O/c1-12-7-9-15(10-8-12)16-11-17(22(24,25)26)30-20(27-16)18(23)19(28-30)21(31)29-13(2)5-4-6-14(29)3/h7-10,13-14,16-17,27H,4-6,11H2,1-3H3. The lowest BCUT2D eigenvalue weighted by molar-refractivity contribution is -0.173. The van der Waals surface area contributed by atoms with Gasteiger partial charge in [-0.1, -0.05) is 41.4 Å². The number of halogens is 4. The number of alkyl halides is 3. The monoisotopic (exact) mass is 454 g/mol. The number of aryl methyl sites for hydroxylation is 1. The number of likely N-dealkylation sites (tertiary alicyclic amines) is 1. The summed E-state index contributed by atoms with van der Waals surface area (Å²) in [5.41, 5.74) is 1.63. The molecule has 1 fully saturated rings. The Bertz CT molecular complexity index is 962. The minimum atomic E-state index is -4.53. The summed E-state index contributed by atoms with van der Waals surface area (Å²) >= 11 is 6.48. The lowest BCUT2D eigenvalue weighted by atomic mass is 9.96. The third-order valence-electron chi connectivity index (χ3n) is 6.41. The van der Waals surface area contributed by atoms with Crippen molar-refractivity contribution in [3.05, 3.63) is 46.1 Å². The van der Waals surface area contributed by atoms with Gasteiger partial charge in [0.15, 0.2) is 11.7 Å². The highest BCUT2D eigenvalue weighted by molar-refractivity contribution is 6.36. The molecule has 168 valence electrons. The lowest BCUT2D eigenvalue weighted by Crippen LogP contribution is -2.47. The molecule has 3 heterocycles. The second kappa shape index (κ2) is 8.04. The van der Waals surface area contributed by atoms with Crippen LogP contribution in [0.4, 0.5) is 19.0 Å². The molecule has 1 aromatic heterocycles. The molecule has 0 spiro atoms. The van der Waals surface area contributed by atoms with Gasteiger partial charge in [-0.05, 0) is 45.6 Å². The Hall–Kier alpha value is -2.22. The van der Waals surface area contributed by atoms with Crippen molar-refractivity contribution in [1.82, 2.24) is 14.7 Å². The summed E-state index contributed by atoms with van der Waals surface area (Å²) in [5.74, 6) is -0.373. The number of carbonyl (C=O) groups is 1. The number of anilines is 1. The summed E-state index contributed by atoms with van der Waals surface area (Å²) in [4.78, 5) is 15.0. The highest BCUT2D eigenvalue weighted by Gasteiger charge is 2.48. The number of carbonyl (C=O) groups excluding carboxylic acids is 1. The number of aromatic nitrogens is 2. The van der Waals surface area contributed by atoms with Crippen LogP contribution in [0.15, 0.2) is 24.3 Å². The smallest absolute Gasteiger partial charge is 0.362 e. The van der Waals surface area contributed by atoms with Crippen LogP contribution in [0, 0.1) is 6.92 Å². The number of piperidine rings is 1. The molecule has 0 radical (unpaired) electrons. The number of nitrogens with one attached hydrogen (secondary N) is 1. The molecule has 5 nitrogen and oxygen atoms in total. The molecular weight excluding hydrogens is 429 g/mol. The molecule has 2 aliphatic rings. The van der Waals surface area contributed by atoms with Crippen molar-refractivity contribution in [2.75, 3.05) is 5.32 Å². The van der Waals surface area contributed by atoms with Gasteiger partial charge in [-0.15, -0.1) is 0 Å². The molecule has 1 amide bonds. The number of fused-ring (bicyclic) bond motifs is 1. The van der Waals surface area contributed by atoms with E-state index in [-0.39, 0.29) is 35.0 Å². The fourth-order valence-electron chi connectivity index (χ4n) is 4.69. The normalized spacial score (nSPS) is 26.4. The average molecular weight is 455 g/mol. The minimum Gasteiger partial charge on any atom is -0.362 e. The first-order valence-electron chi connectivity index (χ1n) is 10.6. The van der Waals surface area contributed by atoms with Gasteiger partial charge in [0.1, 0.15) is 10.8 Å². The molecule has 2 aliphatic heterocycles. The Kier molecular flexibility index (Phi) is 5.70. The molecule has 4 unspecified atom stereocenters. The molecule has 0 aliphatic carbocycles. The number of hydrogen-bond donors (Lipinski definition) is 1. The second-order valence-electron chi connectivity index (χ2n) is 8.70. The van der Waals surface area contributed by atoms with Gasteiger partial charge in [0.25, 0.3) is 5.91 Å². The molecule has 0 saturated carbocycles. The van der Waals surface area contributed by atoms with Crippen LogP contribution in [-0.2, 0) is 0 Å². The van der Waals surface area contributed by atoms with Crippen LogP contribution in [0.5, 0.6) is 0 Å². The van der Waals surface area contributed by atoms with E-state index in [1.807, 2.05) is 45.0 Å². The van der Waals surface area contributed by atoms with Crippen molar-refractivity contribution in [1.29, 1.82) is 0 Å². The Morgan fingerprint density at radius 2 is 1.77 bits per heavy atom. The zero-order valence-corrected chi connectivity index (χ0v) is 18.5. The zero-order valence-electron chi connectivity index (χ0n) is 17.7. The van der Waals surface area contributed by atoms with Gasteiger partial charge in [0.2, 0.25) is 0 Å². The molecule has 2 aromatic rings. The van der Waals surface area contributed by atoms with Crippen LogP contribution in [0.3, 0.4) is 0 Å². The van der Waals surface area contributed by atoms with Crippen LogP contribution in [0.25, 0.3) is 0 Å². The number of hydrogen-bond acceptors (Lipinski definition) is 3. The van der Waals surface area contributed by atoms with E-state index in [1.54, 1.807) is 4.90 Å². The maximum atomic E-state index is 14.0. The Balaban J connectivity index is 1.74. The van der Waals surface area contributed by atoms with Gasteiger partial charge in [-0.25, -0.2) is 4.68 Å². The van der Waals surface area contributed by atoms with Crippen molar-refractivity contribution >= 4 is 23.3 Å². The van der Waals surface area contributed by atoms with Gasteiger partial charge in [-0.3, -0.25) is 4.79 Å². The van der Waals surface area contributed by atoms with Crippen LogP contribution >= 0.6 is 11.6 Å². The lowest BCUT2D eigenvalue weighted by Gasteiger charge is -2.38. The van der Waals surface area contributed by atoms with E-state index in [2.05, 4.69) is 10.4 Å². The summed E-state index contributed by atoms with van der Waals surface area (Å²) in [7, 11) is 0. The predicted octanol–water partition coefficient (Wildman–Crippen LogP) is 5.91.